The minimum atomic E-state index is -3.65. The van der Waals surface area contributed by atoms with Gasteiger partial charge in [0.15, 0.2) is 0 Å². The standard InChI is InChI=1S/C21H27ClN2O4S/c1-4-20(21(25)23-15-5-6-16-7-9-17(22)10-8-16)24(29(3,26)27)18-11-13-19(28-2)14-12-18/h7-14,20H,4-6,15H2,1-3H3,(H,23,25)/t20-/m1/s1. The van der Waals surface area contributed by atoms with Crippen LogP contribution in [0.4, 0.5) is 5.69 Å². The predicted molar refractivity (Wildman–Crippen MR) is 117 cm³/mol. The first-order chi connectivity index (χ1) is 13.8. The summed E-state index contributed by atoms with van der Waals surface area (Å²) in [4.78, 5) is 12.8. The van der Waals surface area contributed by atoms with Gasteiger partial charge in [0, 0.05) is 11.6 Å². The number of halogens is 1. The van der Waals surface area contributed by atoms with E-state index in [1.165, 1.54) is 11.4 Å². The van der Waals surface area contributed by atoms with Crippen molar-refractivity contribution in [1.29, 1.82) is 0 Å². The Balaban J connectivity index is 2.04. The van der Waals surface area contributed by atoms with Gasteiger partial charge in [-0.3, -0.25) is 9.10 Å². The van der Waals surface area contributed by atoms with E-state index in [4.69, 9.17) is 16.3 Å². The minimum absolute atomic E-state index is 0.315. The van der Waals surface area contributed by atoms with Crippen molar-refractivity contribution in [3.05, 3.63) is 59.1 Å². The molecular weight excluding hydrogens is 412 g/mol. The number of hydrogen-bond acceptors (Lipinski definition) is 4. The Labute approximate surface area is 177 Å². The van der Waals surface area contributed by atoms with Crippen molar-refractivity contribution in [3.63, 3.8) is 0 Å². The maximum atomic E-state index is 12.8. The topological polar surface area (TPSA) is 75.7 Å². The normalized spacial score (nSPS) is 12.3. The van der Waals surface area contributed by atoms with Crippen LogP contribution in [0.5, 0.6) is 5.75 Å². The van der Waals surface area contributed by atoms with Crippen molar-refractivity contribution in [3.8, 4) is 5.75 Å². The van der Waals surface area contributed by atoms with Gasteiger partial charge >= 0.3 is 0 Å². The molecule has 0 spiro atoms. The molecule has 8 heteroatoms. The molecule has 0 aliphatic heterocycles. The van der Waals surface area contributed by atoms with Crippen LogP contribution >= 0.6 is 11.6 Å². The fourth-order valence-corrected chi connectivity index (χ4v) is 4.40. The van der Waals surface area contributed by atoms with E-state index in [1.807, 2.05) is 24.3 Å². The van der Waals surface area contributed by atoms with Gasteiger partial charge in [-0.15, -0.1) is 0 Å². The summed E-state index contributed by atoms with van der Waals surface area (Å²) in [5, 5.41) is 3.55. The van der Waals surface area contributed by atoms with Crippen LogP contribution in [0.1, 0.15) is 25.3 Å². The van der Waals surface area contributed by atoms with Crippen molar-refractivity contribution in [2.24, 2.45) is 0 Å². The number of rotatable bonds is 10. The highest BCUT2D eigenvalue weighted by atomic mass is 35.5. The zero-order chi connectivity index (χ0) is 21.4. The van der Waals surface area contributed by atoms with Gasteiger partial charge in [-0.1, -0.05) is 30.7 Å². The zero-order valence-electron chi connectivity index (χ0n) is 16.9. The molecule has 1 amide bonds. The molecule has 1 atom stereocenters. The summed E-state index contributed by atoms with van der Waals surface area (Å²) in [5.41, 5.74) is 1.56. The third kappa shape index (κ3) is 6.65. The van der Waals surface area contributed by atoms with Gasteiger partial charge < -0.3 is 10.1 Å². The second-order valence-corrected chi connectivity index (χ2v) is 9.00. The highest BCUT2D eigenvalue weighted by molar-refractivity contribution is 7.92. The number of methoxy groups -OCH3 is 1. The highest BCUT2D eigenvalue weighted by Crippen LogP contribution is 2.25. The number of carbonyl (C=O) groups excluding carboxylic acids is 1. The molecule has 0 fully saturated rings. The van der Waals surface area contributed by atoms with E-state index in [0.29, 0.717) is 29.4 Å². The Morgan fingerprint density at radius 1 is 1.14 bits per heavy atom. The number of benzene rings is 2. The van der Waals surface area contributed by atoms with Gasteiger partial charge in [0.25, 0.3) is 0 Å². The van der Waals surface area contributed by atoms with Crippen LogP contribution in [-0.2, 0) is 21.2 Å². The molecule has 2 aromatic carbocycles. The first kappa shape index (κ1) is 23.0. The first-order valence-corrected chi connectivity index (χ1v) is 11.6. The summed E-state index contributed by atoms with van der Waals surface area (Å²) in [7, 11) is -2.11. The molecule has 158 valence electrons. The molecule has 0 bridgehead atoms. The Morgan fingerprint density at radius 3 is 2.28 bits per heavy atom. The second-order valence-electron chi connectivity index (χ2n) is 6.70. The SMILES string of the molecule is CC[C@H](C(=O)NCCCc1ccc(Cl)cc1)N(c1ccc(OC)cc1)S(C)(=O)=O. The predicted octanol–water partition coefficient (Wildman–Crippen LogP) is 3.64. The van der Waals surface area contributed by atoms with Crippen LogP contribution < -0.4 is 14.4 Å². The third-order valence-electron chi connectivity index (χ3n) is 4.51. The fourth-order valence-electron chi connectivity index (χ4n) is 3.06. The second kappa shape index (κ2) is 10.5. The van der Waals surface area contributed by atoms with E-state index < -0.39 is 16.1 Å². The largest absolute Gasteiger partial charge is 0.497 e. The van der Waals surface area contributed by atoms with Gasteiger partial charge in [-0.05, 0) is 61.2 Å². The van der Waals surface area contributed by atoms with Gasteiger partial charge in [0.2, 0.25) is 15.9 Å². The van der Waals surface area contributed by atoms with E-state index >= 15 is 0 Å². The summed E-state index contributed by atoms with van der Waals surface area (Å²) in [6.45, 7) is 2.25. The van der Waals surface area contributed by atoms with E-state index in [9.17, 15) is 13.2 Å². The molecule has 0 aliphatic rings. The van der Waals surface area contributed by atoms with Crippen molar-refractivity contribution in [2.45, 2.75) is 32.2 Å². The molecule has 0 heterocycles. The number of nitrogens with zero attached hydrogens (tertiary/aromatic N) is 1. The van der Waals surface area contributed by atoms with E-state index in [-0.39, 0.29) is 5.91 Å². The van der Waals surface area contributed by atoms with E-state index in [1.54, 1.807) is 31.2 Å². The molecule has 0 aliphatic carbocycles. The summed E-state index contributed by atoms with van der Waals surface area (Å²) in [6.07, 6.45) is 2.99. The quantitative estimate of drug-likeness (QED) is 0.574. The average molecular weight is 439 g/mol. The number of aryl methyl sites for hydroxylation is 1. The first-order valence-electron chi connectivity index (χ1n) is 9.42. The van der Waals surface area contributed by atoms with E-state index in [2.05, 4.69) is 5.32 Å². The van der Waals surface area contributed by atoms with Crippen LogP contribution in [0.25, 0.3) is 0 Å². The number of sulfonamides is 1. The van der Waals surface area contributed by atoms with Crippen LogP contribution in [-0.4, -0.2) is 40.3 Å². The van der Waals surface area contributed by atoms with Gasteiger partial charge in [-0.2, -0.15) is 0 Å². The molecule has 0 radical (unpaired) electrons. The lowest BCUT2D eigenvalue weighted by atomic mass is 10.1. The summed E-state index contributed by atoms with van der Waals surface area (Å²) >= 11 is 5.88. The lowest BCUT2D eigenvalue weighted by Crippen LogP contribution is -2.49. The monoisotopic (exact) mass is 438 g/mol. The van der Waals surface area contributed by atoms with Crippen molar-refractivity contribution < 1.29 is 17.9 Å². The van der Waals surface area contributed by atoms with E-state index in [0.717, 1.165) is 24.7 Å². The fraction of sp³-hybridized carbons (Fsp3) is 0.381. The molecular formula is C21H27ClN2O4S. The van der Waals surface area contributed by atoms with Crippen molar-refractivity contribution in [1.82, 2.24) is 5.32 Å². The lowest BCUT2D eigenvalue weighted by molar-refractivity contribution is -0.122. The third-order valence-corrected chi connectivity index (χ3v) is 5.94. The Bertz CT molecular complexity index is 899. The number of nitrogens with one attached hydrogen (secondary N) is 1. The number of carbonyl (C=O) groups is 1. The average Bonchev–Trinajstić information content (AvgIpc) is 2.69. The maximum Gasteiger partial charge on any atom is 0.243 e. The van der Waals surface area contributed by atoms with Gasteiger partial charge in [0.1, 0.15) is 11.8 Å². The highest BCUT2D eigenvalue weighted by Gasteiger charge is 2.31. The van der Waals surface area contributed by atoms with Crippen LogP contribution in [0.15, 0.2) is 48.5 Å². The van der Waals surface area contributed by atoms with Crippen LogP contribution in [0, 0.1) is 0 Å². The number of anilines is 1. The summed E-state index contributed by atoms with van der Waals surface area (Å²) in [6, 6.07) is 13.4. The lowest BCUT2D eigenvalue weighted by Gasteiger charge is -2.30. The molecule has 29 heavy (non-hydrogen) atoms. The molecule has 6 nitrogen and oxygen atoms in total. The van der Waals surface area contributed by atoms with Crippen LogP contribution in [0.2, 0.25) is 5.02 Å². The Morgan fingerprint density at radius 2 is 1.76 bits per heavy atom. The molecule has 2 aromatic rings. The minimum Gasteiger partial charge on any atom is -0.497 e. The number of hydrogen-bond donors (Lipinski definition) is 1. The smallest absolute Gasteiger partial charge is 0.243 e. The van der Waals surface area contributed by atoms with Crippen LogP contribution in [0.3, 0.4) is 0 Å². The number of ether oxygens (including phenoxy) is 1. The molecule has 0 saturated heterocycles. The number of amides is 1. The summed E-state index contributed by atoms with van der Waals surface area (Å²) < 4.78 is 31.2. The molecule has 0 saturated carbocycles. The van der Waals surface area contributed by atoms with Crippen molar-refractivity contribution >= 4 is 33.2 Å². The van der Waals surface area contributed by atoms with Gasteiger partial charge in [-0.25, -0.2) is 8.42 Å². The summed E-state index contributed by atoms with van der Waals surface area (Å²) in [5.74, 6) is 0.298. The Hall–Kier alpha value is -2.25. The molecule has 0 aromatic heterocycles. The van der Waals surface area contributed by atoms with Crippen molar-refractivity contribution in [2.75, 3.05) is 24.2 Å². The van der Waals surface area contributed by atoms with Gasteiger partial charge in [0.05, 0.1) is 19.1 Å². The molecule has 2 rings (SSSR count). The maximum absolute atomic E-state index is 12.8. The Kier molecular flexibility index (Phi) is 8.34. The molecule has 1 N–H and O–H groups in total. The zero-order valence-corrected chi connectivity index (χ0v) is 18.5. The molecule has 0 unspecified atom stereocenters.